The number of benzene rings is 2. The van der Waals surface area contributed by atoms with Gasteiger partial charge in [-0.1, -0.05) is 37.8 Å². The van der Waals surface area contributed by atoms with Gasteiger partial charge in [-0.25, -0.2) is 0 Å². The van der Waals surface area contributed by atoms with E-state index in [0.717, 1.165) is 17.7 Å². The summed E-state index contributed by atoms with van der Waals surface area (Å²) in [6, 6.07) is 13.4. The molecule has 0 saturated heterocycles. The largest absolute Gasteiger partial charge is 0.493 e. The summed E-state index contributed by atoms with van der Waals surface area (Å²) in [6.45, 7) is 7.97. The summed E-state index contributed by atoms with van der Waals surface area (Å²) in [5, 5.41) is 5.89. The summed E-state index contributed by atoms with van der Waals surface area (Å²) in [4.78, 5) is 12.9. The molecular formula is C23H24N2O3. The number of hydrogen-bond acceptors (Lipinski definition) is 4. The van der Waals surface area contributed by atoms with Crippen LogP contribution in [0.25, 0.3) is 6.08 Å². The van der Waals surface area contributed by atoms with Crippen LogP contribution in [0.2, 0.25) is 0 Å². The van der Waals surface area contributed by atoms with Crippen molar-refractivity contribution in [2.75, 3.05) is 18.7 Å². The van der Waals surface area contributed by atoms with Crippen LogP contribution in [0.15, 0.2) is 65.8 Å². The van der Waals surface area contributed by atoms with E-state index in [4.69, 9.17) is 9.47 Å². The van der Waals surface area contributed by atoms with Crippen LogP contribution in [0, 0.1) is 0 Å². The van der Waals surface area contributed by atoms with Crippen molar-refractivity contribution in [1.82, 2.24) is 0 Å². The van der Waals surface area contributed by atoms with E-state index in [9.17, 15) is 4.79 Å². The van der Waals surface area contributed by atoms with Gasteiger partial charge < -0.3 is 9.47 Å². The Balaban J connectivity index is 1.89. The molecule has 0 fully saturated rings. The lowest BCUT2D eigenvalue weighted by molar-refractivity contribution is -0.114. The molecule has 1 heterocycles. The average molecular weight is 376 g/mol. The maximum atomic E-state index is 12.9. The number of methoxy groups -OCH3 is 1. The molecule has 0 N–H and O–H groups in total. The summed E-state index contributed by atoms with van der Waals surface area (Å²) in [5.41, 5.74) is 4.04. The number of carbonyl (C=O) groups excluding carboxylic acids is 1. The highest BCUT2D eigenvalue weighted by Crippen LogP contribution is 2.30. The Kier molecular flexibility index (Phi) is 5.94. The Morgan fingerprint density at radius 1 is 1.14 bits per heavy atom. The summed E-state index contributed by atoms with van der Waals surface area (Å²) in [7, 11) is 1.59. The van der Waals surface area contributed by atoms with Crippen LogP contribution in [-0.2, 0) is 11.2 Å². The molecule has 144 valence electrons. The zero-order valence-electron chi connectivity index (χ0n) is 16.4. The molecule has 0 spiro atoms. The lowest BCUT2D eigenvalue weighted by atomic mass is 10.1. The third-order valence-electron chi connectivity index (χ3n) is 4.51. The van der Waals surface area contributed by atoms with Gasteiger partial charge in [0.25, 0.3) is 5.91 Å². The zero-order valence-corrected chi connectivity index (χ0v) is 16.4. The van der Waals surface area contributed by atoms with E-state index in [1.807, 2.05) is 55.5 Å². The fourth-order valence-electron chi connectivity index (χ4n) is 2.94. The van der Waals surface area contributed by atoms with E-state index in [2.05, 4.69) is 18.6 Å². The van der Waals surface area contributed by atoms with E-state index in [0.29, 0.717) is 29.4 Å². The van der Waals surface area contributed by atoms with Crippen molar-refractivity contribution in [3.8, 4) is 11.5 Å². The topological polar surface area (TPSA) is 51.1 Å². The quantitative estimate of drug-likeness (QED) is 0.523. The molecule has 3 rings (SSSR count). The van der Waals surface area contributed by atoms with E-state index in [-0.39, 0.29) is 5.91 Å². The highest BCUT2D eigenvalue weighted by Gasteiger charge is 2.28. The van der Waals surface area contributed by atoms with Gasteiger partial charge in [-0.05, 0) is 54.8 Å². The first kappa shape index (κ1) is 19.4. The van der Waals surface area contributed by atoms with Gasteiger partial charge in [-0.3, -0.25) is 4.79 Å². The average Bonchev–Trinajstić information content (AvgIpc) is 3.00. The first-order valence-electron chi connectivity index (χ1n) is 9.19. The molecule has 5 nitrogen and oxygen atoms in total. The second kappa shape index (κ2) is 8.57. The maximum absolute atomic E-state index is 12.9. The maximum Gasteiger partial charge on any atom is 0.280 e. The molecule has 0 saturated carbocycles. The number of hydrazone groups is 1. The van der Waals surface area contributed by atoms with Crippen LogP contribution >= 0.6 is 0 Å². The van der Waals surface area contributed by atoms with Gasteiger partial charge in [0, 0.05) is 0 Å². The fraction of sp³-hybridized carbons (Fsp3) is 0.217. The van der Waals surface area contributed by atoms with Crippen molar-refractivity contribution >= 4 is 23.4 Å². The number of ether oxygens (including phenoxy) is 2. The molecule has 2 aromatic rings. The Bertz CT molecular complexity index is 943. The molecule has 1 amide bonds. The minimum Gasteiger partial charge on any atom is -0.493 e. The summed E-state index contributed by atoms with van der Waals surface area (Å²) >= 11 is 0. The van der Waals surface area contributed by atoms with E-state index < -0.39 is 0 Å². The summed E-state index contributed by atoms with van der Waals surface area (Å²) in [5.74, 6) is 1.08. The monoisotopic (exact) mass is 376 g/mol. The SMILES string of the molecule is C=CCOc1cc(/C=C2/C(=O)N(c3ccc(CC)cc3)N=C2C)ccc1OC. The predicted octanol–water partition coefficient (Wildman–Crippen LogP) is 4.63. The Hall–Kier alpha value is -3.34. The minimum absolute atomic E-state index is 0.147. The molecule has 5 heteroatoms. The second-order valence-corrected chi connectivity index (χ2v) is 6.39. The van der Waals surface area contributed by atoms with E-state index in [1.165, 1.54) is 10.6 Å². The number of rotatable bonds is 7. The smallest absolute Gasteiger partial charge is 0.280 e. The normalized spacial score (nSPS) is 15.0. The van der Waals surface area contributed by atoms with E-state index >= 15 is 0 Å². The number of carbonyl (C=O) groups is 1. The van der Waals surface area contributed by atoms with Gasteiger partial charge in [-0.2, -0.15) is 10.1 Å². The van der Waals surface area contributed by atoms with Crippen LogP contribution in [0.4, 0.5) is 5.69 Å². The number of hydrogen-bond donors (Lipinski definition) is 0. The van der Waals surface area contributed by atoms with Gasteiger partial charge in [0.05, 0.1) is 24.1 Å². The van der Waals surface area contributed by atoms with Crippen LogP contribution in [0.3, 0.4) is 0 Å². The van der Waals surface area contributed by atoms with Gasteiger partial charge in [0.1, 0.15) is 6.61 Å². The first-order valence-corrected chi connectivity index (χ1v) is 9.19. The van der Waals surface area contributed by atoms with Gasteiger partial charge in [0.2, 0.25) is 0 Å². The third kappa shape index (κ3) is 3.98. The lowest BCUT2D eigenvalue weighted by Crippen LogP contribution is -2.21. The van der Waals surface area contributed by atoms with Gasteiger partial charge in [0.15, 0.2) is 11.5 Å². The highest BCUT2D eigenvalue weighted by molar-refractivity contribution is 6.32. The Morgan fingerprint density at radius 2 is 1.89 bits per heavy atom. The molecule has 0 atom stereocenters. The number of amides is 1. The second-order valence-electron chi connectivity index (χ2n) is 6.39. The molecule has 1 aliphatic rings. The predicted molar refractivity (Wildman–Crippen MR) is 113 cm³/mol. The highest BCUT2D eigenvalue weighted by atomic mass is 16.5. The molecule has 0 aromatic heterocycles. The fourth-order valence-corrected chi connectivity index (χ4v) is 2.94. The molecular weight excluding hydrogens is 352 g/mol. The zero-order chi connectivity index (χ0) is 20.1. The van der Waals surface area contributed by atoms with Crippen molar-refractivity contribution in [2.24, 2.45) is 5.10 Å². The Morgan fingerprint density at radius 3 is 2.54 bits per heavy atom. The summed E-state index contributed by atoms with van der Waals surface area (Å²) in [6.07, 6.45) is 4.45. The van der Waals surface area contributed by atoms with Crippen LogP contribution in [-0.4, -0.2) is 25.3 Å². The number of anilines is 1. The molecule has 0 unspecified atom stereocenters. The third-order valence-corrected chi connectivity index (χ3v) is 4.51. The first-order chi connectivity index (χ1) is 13.6. The molecule has 0 radical (unpaired) electrons. The molecule has 2 aromatic carbocycles. The molecule has 0 bridgehead atoms. The Labute approximate surface area is 165 Å². The van der Waals surface area contributed by atoms with Crippen molar-refractivity contribution in [3.05, 3.63) is 71.8 Å². The molecule has 28 heavy (non-hydrogen) atoms. The summed E-state index contributed by atoms with van der Waals surface area (Å²) < 4.78 is 11.0. The van der Waals surface area contributed by atoms with Crippen molar-refractivity contribution in [3.63, 3.8) is 0 Å². The van der Waals surface area contributed by atoms with E-state index in [1.54, 1.807) is 13.2 Å². The molecule has 0 aliphatic carbocycles. The van der Waals surface area contributed by atoms with Crippen LogP contribution in [0.1, 0.15) is 25.0 Å². The van der Waals surface area contributed by atoms with Gasteiger partial charge >= 0.3 is 0 Å². The van der Waals surface area contributed by atoms with Crippen molar-refractivity contribution in [1.29, 1.82) is 0 Å². The number of nitrogens with zero attached hydrogens (tertiary/aromatic N) is 2. The van der Waals surface area contributed by atoms with Crippen LogP contribution < -0.4 is 14.5 Å². The van der Waals surface area contributed by atoms with Crippen molar-refractivity contribution in [2.45, 2.75) is 20.3 Å². The minimum atomic E-state index is -0.147. The van der Waals surface area contributed by atoms with Gasteiger partial charge in [-0.15, -0.1) is 0 Å². The van der Waals surface area contributed by atoms with Crippen molar-refractivity contribution < 1.29 is 14.3 Å². The standard InChI is InChI=1S/C23H24N2O3/c1-5-13-28-22-15-18(9-12-21(22)27-4)14-20-16(3)24-25(23(20)26)19-10-7-17(6-2)8-11-19/h5,7-12,14-15H,1,6,13H2,2-4H3/b20-14+. The molecule has 1 aliphatic heterocycles. The number of aryl methyl sites for hydroxylation is 1. The lowest BCUT2D eigenvalue weighted by Gasteiger charge is -2.12. The van der Waals surface area contributed by atoms with Crippen LogP contribution in [0.5, 0.6) is 11.5 Å².